The first-order chi connectivity index (χ1) is 9.60. The molecular formula is C18H26O2. The molecule has 0 heterocycles. The van der Waals surface area contributed by atoms with Gasteiger partial charge in [0.15, 0.2) is 5.78 Å². The van der Waals surface area contributed by atoms with Crippen LogP contribution in [0.25, 0.3) is 0 Å². The highest BCUT2D eigenvalue weighted by Crippen LogP contribution is 2.60. The van der Waals surface area contributed by atoms with E-state index >= 15 is 0 Å². The molecule has 1 unspecified atom stereocenters. The monoisotopic (exact) mass is 274 g/mol. The van der Waals surface area contributed by atoms with Crippen LogP contribution in [0.1, 0.15) is 64.7 Å². The number of hydrogen-bond acceptors (Lipinski definition) is 2. The van der Waals surface area contributed by atoms with Crippen molar-refractivity contribution >= 4 is 11.6 Å². The van der Waals surface area contributed by atoms with E-state index in [0.29, 0.717) is 12.3 Å². The maximum absolute atomic E-state index is 12.4. The summed E-state index contributed by atoms with van der Waals surface area (Å²) in [5, 5.41) is 0. The van der Waals surface area contributed by atoms with Crippen LogP contribution in [0.5, 0.6) is 0 Å². The van der Waals surface area contributed by atoms with Crippen molar-refractivity contribution in [3.63, 3.8) is 0 Å². The Morgan fingerprint density at radius 2 is 1.70 bits per heavy atom. The second-order valence-corrected chi connectivity index (χ2v) is 8.25. The molecule has 20 heavy (non-hydrogen) atoms. The van der Waals surface area contributed by atoms with Gasteiger partial charge < -0.3 is 0 Å². The minimum absolute atomic E-state index is 0.00328. The molecule has 4 aliphatic carbocycles. The lowest BCUT2D eigenvalue weighted by molar-refractivity contribution is -0.139. The molecule has 0 aliphatic heterocycles. The molecular weight excluding hydrogens is 248 g/mol. The fraction of sp³-hybridized carbons (Fsp3) is 0.889. The molecule has 0 saturated heterocycles. The summed E-state index contributed by atoms with van der Waals surface area (Å²) in [4.78, 5) is 24.4. The maximum atomic E-state index is 12.4. The van der Waals surface area contributed by atoms with E-state index in [0.717, 1.165) is 24.2 Å². The zero-order valence-electron chi connectivity index (χ0n) is 12.6. The van der Waals surface area contributed by atoms with Crippen LogP contribution in [-0.2, 0) is 9.59 Å². The van der Waals surface area contributed by atoms with Gasteiger partial charge in [0.25, 0.3) is 0 Å². The van der Waals surface area contributed by atoms with Crippen LogP contribution < -0.4 is 0 Å². The van der Waals surface area contributed by atoms with Crippen molar-refractivity contribution in [3.8, 4) is 0 Å². The Kier molecular flexibility index (Phi) is 2.88. The highest BCUT2D eigenvalue weighted by atomic mass is 16.2. The highest BCUT2D eigenvalue weighted by molar-refractivity contribution is 6.40. The molecule has 4 rings (SSSR count). The summed E-state index contributed by atoms with van der Waals surface area (Å²) in [7, 11) is 0. The molecule has 2 nitrogen and oxygen atoms in total. The normalized spacial score (nSPS) is 51.4. The molecule has 4 aliphatic rings. The lowest BCUT2D eigenvalue weighted by atomic mass is 9.51. The molecule has 2 heteroatoms. The van der Waals surface area contributed by atoms with Crippen LogP contribution in [0.15, 0.2) is 0 Å². The Balaban J connectivity index is 1.65. The molecule has 4 saturated carbocycles. The van der Waals surface area contributed by atoms with Crippen LogP contribution in [0.4, 0.5) is 0 Å². The van der Waals surface area contributed by atoms with Crippen molar-refractivity contribution in [2.75, 3.05) is 0 Å². The smallest absolute Gasteiger partial charge is 0.202 e. The molecule has 6 atom stereocenters. The van der Waals surface area contributed by atoms with Gasteiger partial charge >= 0.3 is 0 Å². The molecule has 0 bridgehead atoms. The Hall–Kier alpha value is -0.660. The van der Waals surface area contributed by atoms with Crippen LogP contribution in [0.3, 0.4) is 0 Å². The number of ketones is 2. The molecule has 0 aromatic rings. The fourth-order valence-electron chi connectivity index (χ4n) is 6.44. The van der Waals surface area contributed by atoms with E-state index < -0.39 is 0 Å². The van der Waals surface area contributed by atoms with E-state index in [9.17, 15) is 9.59 Å². The van der Waals surface area contributed by atoms with Crippen molar-refractivity contribution in [2.24, 2.45) is 35.0 Å². The summed E-state index contributed by atoms with van der Waals surface area (Å²) >= 11 is 0. The number of rotatable bonds is 0. The van der Waals surface area contributed by atoms with Gasteiger partial charge in [0.05, 0.1) is 0 Å². The first kappa shape index (κ1) is 13.0. The summed E-state index contributed by atoms with van der Waals surface area (Å²) in [6.45, 7) is 2.21. The number of hydrogen-bond donors (Lipinski definition) is 0. The number of carbonyl (C=O) groups is 2. The Labute approximate surface area is 121 Å². The van der Waals surface area contributed by atoms with Gasteiger partial charge in [0, 0.05) is 12.3 Å². The third kappa shape index (κ3) is 1.69. The predicted molar refractivity (Wildman–Crippen MR) is 77.1 cm³/mol. The quantitative estimate of drug-likeness (QED) is 0.630. The van der Waals surface area contributed by atoms with Gasteiger partial charge in [-0.2, -0.15) is 0 Å². The van der Waals surface area contributed by atoms with E-state index in [1.807, 2.05) is 0 Å². The zero-order chi connectivity index (χ0) is 13.9. The van der Waals surface area contributed by atoms with Gasteiger partial charge in [-0.25, -0.2) is 0 Å². The van der Waals surface area contributed by atoms with E-state index in [2.05, 4.69) is 6.92 Å². The standard InChI is InChI=1S/C18H26O2/c1-18-9-8-13-12-5-3-2-4-11(12)6-7-14(13)16(18)17(20)15(19)10-18/h11-14,16H,2-10H2,1H3/t11?,12-,13+,14+,16+,18+/m0/s1. The Bertz CT molecular complexity index is 454. The van der Waals surface area contributed by atoms with Crippen LogP contribution in [-0.4, -0.2) is 11.6 Å². The lowest BCUT2D eigenvalue weighted by Gasteiger charge is -2.53. The van der Waals surface area contributed by atoms with Crippen LogP contribution >= 0.6 is 0 Å². The third-order valence-electron chi connectivity index (χ3n) is 7.29. The molecule has 0 amide bonds. The first-order valence-electron chi connectivity index (χ1n) is 8.67. The fourth-order valence-corrected chi connectivity index (χ4v) is 6.44. The summed E-state index contributed by atoms with van der Waals surface area (Å²) in [5.74, 6) is 3.10. The average Bonchev–Trinajstić information content (AvgIpc) is 2.68. The largest absolute Gasteiger partial charge is 0.291 e. The van der Waals surface area contributed by atoms with Crippen molar-refractivity contribution in [3.05, 3.63) is 0 Å². The van der Waals surface area contributed by atoms with E-state index in [1.54, 1.807) is 0 Å². The third-order valence-corrected chi connectivity index (χ3v) is 7.29. The van der Waals surface area contributed by atoms with Gasteiger partial charge in [-0.3, -0.25) is 9.59 Å². The average molecular weight is 274 g/mol. The topological polar surface area (TPSA) is 34.1 Å². The molecule has 0 radical (unpaired) electrons. The molecule has 0 N–H and O–H groups in total. The lowest BCUT2D eigenvalue weighted by Crippen LogP contribution is -2.48. The first-order valence-corrected chi connectivity index (χ1v) is 8.67. The van der Waals surface area contributed by atoms with Gasteiger partial charge in [-0.1, -0.05) is 26.2 Å². The van der Waals surface area contributed by atoms with Gasteiger partial charge in [0.1, 0.15) is 0 Å². The maximum Gasteiger partial charge on any atom is 0.202 e. The number of carbonyl (C=O) groups excluding carboxylic acids is 2. The second-order valence-electron chi connectivity index (χ2n) is 8.25. The van der Waals surface area contributed by atoms with Gasteiger partial charge in [-0.05, 0) is 61.2 Å². The SMILES string of the molecule is C[C@]12CC[C@H]3[C@@H](CCC4CCCC[C@@H]43)[C@@H]1C(=O)C(=O)C2. The number of Topliss-reactive ketones (excluding diaryl/α,β-unsaturated/α-hetero) is 2. The highest BCUT2D eigenvalue weighted by Gasteiger charge is 2.59. The van der Waals surface area contributed by atoms with Crippen molar-refractivity contribution in [1.82, 2.24) is 0 Å². The van der Waals surface area contributed by atoms with Crippen molar-refractivity contribution in [2.45, 2.75) is 64.7 Å². The van der Waals surface area contributed by atoms with Gasteiger partial charge in [-0.15, -0.1) is 0 Å². The summed E-state index contributed by atoms with van der Waals surface area (Å²) in [6.07, 6.45) is 11.1. The molecule has 0 aromatic carbocycles. The Morgan fingerprint density at radius 1 is 0.900 bits per heavy atom. The van der Waals surface area contributed by atoms with E-state index in [1.165, 1.54) is 44.9 Å². The van der Waals surface area contributed by atoms with E-state index in [-0.39, 0.29) is 22.9 Å². The minimum Gasteiger partial charge on any atom is -0.291 e. The molecule has 0 aromatic heterocycles. The van der Waals surface area contributed by atoms with Crippen LogP contribution in [0, 0.1) is 35.0 Å². The zero-order valence-corrected chi connectivity index (χ0v) is 12.6. The van der Waals surface area contributed by atoms with Crippen molar-refractivity contribution in [1.29, 1.82) is 0 Å². The Morgan fingerprint density at radius 3 is 2.55 bits per heavy atom. The predicted octanol–water partition coefficient (Wildman–Crippen LogP) is 3.78. The summed E-state index contributed by atoms with van der Waals surface area (Å²) in [5.41, 5.74) is 0.0108. The summed E-state index contributed by atoms with van der Waals surface area (Å²) in [6, 6.07) is 0. The second kappa shape index (κ2) is 4.42. The van der Waals surface area contributed by atoms with Crippen molar-refractivity contribution < 1.29 is 9.59 Å². The molecule has 110 valence electrons. The van der Waals surface area contributed by atoms with Gasteiger partial charge in [0.2, 0.25) is 5.78 Å². The minimum atomic E-state index is -0.0658. The van der Waals surface area contributed by atoms with E-state index in [4.69, 9.17) is 0 Å². The summed E-state index contributed by atoms with van der Waals surface area (Å²) < 4.78 is 0. The molecule has 0 spiro atoms. The number of fused-ring (bicyclic) bond motifs is 5. The van der Waals surface area contributed by atoms with Crippen LogP contribution in [0.2, 0.25) is 0 Å². The molecule has 4 fully saturated rings.